The van der Waals surface area contributed by atoms with Gasteiger partial charge in [-0.15, -0.1) is 0 Å². The van der Waals surface area contributed by atoms with Crippen LogP contribution in [0, 0.1) is 11.3 Å². The Bertz CT molecular complexity index is 917. The van der Waals surface area contributed by atoms with E-state index < -0.39 is 5.41 Å². The maximum Gasteiger partial charge on any atom is 0.230 e. The van der Waals surface area contributed by atoms with Gasteiger partial charge in [0.1, 0.15) is 11.5 Å². The molecular formula is C26H35N3O3. The summed E-state index contributed by atoms with van der Waals surface area (Å²) in [5.41, 5.74) is 1.09. The summed E-state index contributed by atoms with van der Waals surface area (Å²) in [7, 11) is 3.58. The molecule has 172 valence electrons. The fourth-order valence-electron chi connectivity index (χ4n) is 5.47. The number of amides is 2. The second kappa shape index (κ2) is 9.88. The SMILES string of the molecule is CN(C)C(=O)[C@]1(Cc2cc(-c3ccccc3)no2)CCCN(C(=O)CCC2CCCC2)C1. The molecule has 2 aromatic rings. The summed E-state index contributed by atoms with van der Waals surface area (Å²) in [4.78, 5) is 30.0. The van der Waals surface area contributed by atoms with Crippen LogP contribution in [0.4, 0.5) is 0 Å². The highest BCUT2D eigenvalue weighted by Gasteiger charge is 2.45. The molecule has 0 unspecified atom stereocenters. The van der Waals surface area contributed by atoms with Gasteiger partial charge in [-0.05, 0) is 25.2 Å². The van der Waals surface area contributed by atoms with Crippen LogP contribution in [0.5, 0.6) is 0 Å². The van der Waals surface area contributed by atoms with E-state index in [2.05, 4.69) is 5.16 Å². The van der Waals surface area contributed by atoms with Gasteiger partial charge in [0, 0.05) is 51.7 Å². The Labute approximate surface area is 190 Å². The number of nitrogens with zero attached hydrogens (tertiary/aromatic N) is 3. The maximum atomic E-state index is 13.4. The number of piperidine rings is 1. The van der Waals surface area contributed by atoms with E-state index in [-0.39, 0.29) is 11.8 Å². The third kappa shape index (κ3) is 5.05. The van der Waals surface area contributed by atoms with E-state index in [0.29, 0.717) is 31.1 Å². The molecule has 6 heteroatoms. The molecular weight excluding hydrogens is 402 g/mol. The number of hydrogen-bond acceptors (Lipinski definition) is 4. The van der Waals surface area contributed by atoms with Crippen molar-refractivity contribution in [3.8, 4) is 11.3 Å². The lowest BCUT2D eigenvalue weighted by Gasteiger charge is -2.42. The van der Waals surface area contributed by atoms with E-state index in [9.17, 15) is 9.59 Å². The van der Waals surface area contributed by atoms with E-state index >= 15 is 0 Å². The molecule has 1 aliphatic carbocycles. The Kier molecular flexibility index (Phi) is 6.97. The fraction of sp³-hybridized carbons (Fsp3) is 0.577. The summed E-state index contributed by atoms with van der Waals surface area (Å²) >= 11 is 0. The molecule has 0 bridgehead atoms. The predicted molar refractivity (Wildman–Crippen MR) is 124 cm³/mol. The zero-order chi connectivity index (χ0) is 22.6. The Morgan fingerprint density at radius 2 is 1.91 bits per heavy atom. The van der Waals surface area contributed by atoms with E-state index in [1.165, 1.54) is 25.7 Å². The molecule has 6 nitrogen and oxygen atoms in total. The third-order valence-electron chi connectivity index (χ3n) is 7.17. The van der Waals surface area contributed by atoms with Gasteiger partial charge in [0.25, 0.3) is 0 Å². The van der Waals surface area contributed by atoms with Crippen molar-refractivity contribution in [3.63, 3.8) is 0 Å². The number of carbonyl (C=O) groups is 2. The van der Waals surface area contributed by atoms with Crippen LogP contribution in [0.3, 0.4) is 0 Å². The van der Waals surface area contributed by atoms with E-state index in [4.69, 9.17) is 4.52 Å². The number of carbonyl (C=O) groups excluding carboxylic acids is 2. The minimum Gasteiger partial charge on any atom is -0.361 e. The van der Waals surface area contributed by atoms with Gasteiger partial charge in [-0.1, -0.05) is 61.2 Å². The topological polar surface area (TPSA) is 66.7 Å². The Balaban J connectivity index is 1.49. The van der Waals surface area contributed by atoms with Gasteiger partial charge in [-0.25, -0.2) is 0 Å². The number of benzene rings is 1. The monoisotopic (exact) mass is 437 g/mol. The van der Waals surface area contributed by atoms with E-state index in [1.807, 2.05) is 41.3 Å². The van der Waals surface area contributed by atoms with Crippen LogP contribution in [0.1, 0.15) is 57.1 Å². The van der Waals surface area contributed by atoms with Crippen molar-refractivity contribution in [1.29, 1.82) is 0 Å². The Morgan fingerprint density at radius 3 is 2.62 bits per heavy atom. The van der Waals surface area contributed by atoms with Crippen molar-refractivity contribution in [2.24, 2.45) is 11.3 Å². The molecule has 1 aromatic carbocycles. The molecule has 1 atom stereocenters. The van der Waals surface area contributed by atoms with Crippen molar-refractivity contribution in [2.75, 3.05) is 27.2 Å². The molecule has 2 heterocycles. The highest BCUT2D eigenvalue weighted by atomic mass is 16.5. The third-order valence-corrected chi connectivity index (χ3v) is 7.17. The lowest BCUT2D eigenvalue weighted by molar-refractivity contribution is -0.147. The van der Waals surface area contributed by atoms with Gasteiger partial charge in [0.2, 0.25) is 11.8 Å². The number of hydrogen-bond donors (Lipinski definition) is 0. The molecule has 1 saturated carbocycles. The summed E-state index contributed by atoms with van der Waals surface area (Å²) in [6, 6.07) is 11.8. The number of rotatable bonds is 7. The van der Waals surface area contributed by atoms with E-state index in [0.717, 1.165) is 37.1 Å². The first-order valence-electron chi connectivity index (χ1n) is 12.0. The van der Waals surface area contributed by atoms with Gasteiger partial charge >= 0.3 is 0 Å². The second-order valence-corrected chi connectivity index (χ2v) is 9.81. The minimum atomic E-state index is -0.668. The minimum absolute atomic E-state index is 0.0588. The highest BCUT2D eigenvalue weighted by molar-refractivity contribution is 5.84. The molecule has 0 radical (unpaired) electrons. The fourth-order valence-corrected chi connectivity index (χ4v) is 5.47. The first kappa shape index (κ1) is 22.6. The average molecular weight is 438 g/mol. The van der Waals surface area contributed by atoms with Gasteiger partial charge in [-0.3, -0.25) is 9.59 Å². The first-order chi connectivity index (χ1) is 15.5. The Morgan fingerprint density at radius 1 is 1.16 bits per heavy atom. The van der Waals surface area contributed by atoms with Gasteiger partial charge < -0.3 is 14.3 Å². The van der Waals surface area contributed by atoms with Crippen LogP contribution >= 0.6 is 0 Å². The van der Waals surface area contributed by atoms with Crippen molar-refractivity contribution in [2.45, 2.75) is 57.8 Å². The summed E-state index contributed by atoms with van der Waals surface area (Å²) < 4.78 is 5.66. The molecule has 0 spiro atoms. The predicted octanol–water partition coefficient (Wildman–Crippen LogP) is 4.55. The van der Waals surface area contributed by atoms with Gasteiger partial charge in [0.15, 0.2) is 0 Å². The lowest BCUT2D eigenvalue weighted by atomic mass is 9.75. The Hall–Kier alpha value is -2.63. The average Bonchev–Trinajstić information content (AvgIpc) is 3.50. The molecule has 1 saturated heterocycles. The van der Waals surface area contributed by atoms with Crippen LogP contribution in [-0.4, -0.2) is 54.0 Å². The van der Waals surface area contributed by atoms with Crippen LogP contribution in [-0.2, 0) is 16.0 Å². The molecule has 32 heavy (non-hydrogen) atoms. The zero-order valence-electron chi connectivity index (χ0n) is 19.4. The smallest absolute Gasteiger partial charge is 0.230 e. The van der Waals surface area contributed by atoms with Crippen molar-refractivity contribution in [1.82, 2.24) is 15.0 Å². The van der Waals surface area contributed by atoms with Gasteiger partial charge in [0.05, 0.1) is 5.41 Å². The largest absolute Gasteiger partial charge is 0.361 e. The standard InChI is InChI=1S/C26H35N3O3/c1-28(2)25(31)26(18-22-17-23(27-32-22)21-11-4-3-5-12-21)15-8-16-29(19-26)24(30)14-13-20-9-6-7-10-20/h3-5,11-12,17,20H,6-10,13-16,18-19H2,1-2H3/t26-/m0/s1. The highest BCUT2D eigenvalue weighted by Crippen LogP contribution is 2.37. The lowest BCUT2D eigenvalue weighted by Crippen LogP contribution is -2.54. The molecule has 0 N–H and O–H groups in total. The second-order valence-electron chi connectivity index (χ2n) is 9.81. The summed E-state index contributed by atoms with van der Waals surface area (Å²) in [6.07, 6.45) is 8.71. The van der Waals surface area contributed by atoms with Crippen LogP contribution in [0.2, 0.25) is 0 Å². The summed E-state index contributed by atoms with van der Waals surface area (Å²) in [5.74, 6) is 1.64. The molecule has 2 amide bonds. The molecule has 2 fully saturated rings. The summed E-state index contributed by atoms with van der Waals surface area (Å²) in [5, 5.41) is 4.23. The number of aromatic nitrogens is 1. The maximum absolute atomic E-state index is 13.4. The van der Waals surface area contributed by atoms with E-state index in [1.54, 1.807) is 19.0 Å². The van der Waals surface area contributed by atoms with Crippen molar-refractivity contribution in [3.05, 3.63) is 42.2 Å². The van der Waals surface area contributed by atoms with Crippen LogP contribution < -0.4 is 0 Å². The van der Waals surface area contributed by atoms with Crippen LogP contribution in [0.15, 0.2) is 40.9 Å². The molecule has 1 aliphatic heterocycles. The zero-order valence-corrected chi connectivity index (χ0v) is 19.4. The molecule has 4 rings (SSSR count). The quantitative estimate of drug-likeness (QED) is 0.637. The molecule has 2 aliphatic rings. The molecule has 1 aromatic heterocycles. The van der Waals surface area contributed by atoms with Gasteiger partial charge in [-0.2, -0.15) is 0 Å². The summed E-state index contributed by atoms with van der Waals surface area (Å²) in [6.45, 7) is 1.19. The van der Waals surface area contributed by atoms with Crippen molar-refractivity contribution < 1.29 is 14.1 Å². The van der Waals surface area contributed by atoms with Crippen LogP contribution in [0.25, 0.3) is 11.3 Å². The first-order valence-corrected chi connectivity index (χ1v) is 12.0. The normalized spacial score (nSPS) is 21.6. The number of likely N-dealkylation sites (tertiary alicyclic amines) is 1. The van der Waals surface area contributed by atoms with Crippen molar-refractivity contribution >= 4 is 11.8 Å².